The molecule has 1 fully saturated rings. The lowest BCUT2D eigenvalue weighted by Crippen LogP contribution is -2.53. The van der Waals surface area contributed by atoms with Crippen LogP contribution in [0.3, 0.4) is 0 Å². The minimum atomic E-state index is -0.604. The maximum Gasteiger partial charge on any atom is 0.408 e. The first-order chi connectivity index (χ1) is 8.33. The fraction of sp³-hybridized carbons (Fsp3) is 0.833. The van der Waals surface area contributed by atoms with E-state index in [-0.39, 0.29) is 11.8 Å². The van der Waals surface area contributed by atoms with Gasteiger partial charge in [0.25, 0.3) is 5.91 Å². The number of carbonyl (C=O) groups excluding carboxylic acids is 2. The van der Waals surface area contributed by atoms with E-state index < -0.39 is 17.7 Å². The number of rotatable bonds is 3. The molecule has 0 bridgehead atoms. The Morgan fingerprint density at radius 3 is 2.28 bits per heavy atom. The molecule has 18 heavy (non-hydrogen) atoms. The molecular weight excluding hydrogens is 234 g/mol. The summed E-state index contributed by atoms with van der Waals surface area (Å²) in [5.74, 6) is 4.92. The largest absolute Gasteiger partial charge is 0.444 e. The van der Waals surface area contributed by atoms with Crippen LogP contribution in [0.4, 0.5) is 4.79 Å². The van der Waals surface area contributed by atoms with Crippen molar-refractivity contribution >= 4 is 12.0 Å². The molecule has 2 amide bonds. The van der Waals surface area contributed by atoms with Gasteiger partial charge in [-0.3, -0.25) is 10.2 Å². The van der Waals surface area contributed by atoms with Crippen LogP contribution in [0.15, 0.2) is 0 Å². The molecule has 1 atom stereocenters. The standard InChI is InChI=1S/C12H23N3O3/c1-12(2,3)18-11(17)14-9(10(16)15-13)8-6-4-5-7-8/h8-9H,4-7,13H2,1-3H3,(H,14,17)(H,15,16). The zero-order valence-corrected chi connectivity index (χ0v) is 11.3. The zero-order chi connectivity index (χ0) is 13.8. The van der Waals surface area contributed by atoms with Gasteiger partial charge < -0.3 is 10.1 Å². The van der Waals surface area contributed by atoms with Gasteiger partial charge >= 0.3 is 6.09 Å². The Hall–Kier alpha value is -1.30. The van der Waals surface area contributed by atoms with Crippen molar-refractivity contribution in [2.75, 3.05) is 0 Å². The molecule has 104 valence electrons. The van der Waals surface area contributed by atoms with E-state index in [1.807, 2.05) is 0 Å². The smallest absolute Gasteiger partial charge is 0.408 e. The highest BCUT2D eigenvalue weighted by atomic mass is 16.6. The van der Waals surface area contributed by atoms with Crippen molar-refractivity contribution in [2.45, 2.75) is 58.1 Å². The third kappa shape index (κ3) is 4.52. The van der Waals surface area contributed by atoms with Crippen LogP contribution < -0.4 is 16.6 Å². The second-order valence-corrected chi connectivity index (χ2v) is 5.68. The summed E-state index contributed by atoms with van der Waals surface area (Å²) in [5, 5.41) is 2.61. The molecular formula is C12H23N3O3. The SMILES string of the molecule is CC(C)(C)OC(=O)NC(C(=O)NN)C1CCCC1. The van der Waals surface area contributed by atoms with Crippen LogP contribution in [0.1, 0.15) is 46.5 Å². The Kier molecular flexibility index (Phi) is 4.95. The molecule has 0 aromatic carbocycles. The summed E-state index contributed by atoms with van der Waals surface area (Å²) in [4.78, 5) is 23.4. The minimum absolute atomic E-state index is 0.140. The van der Waals surface area contributed by atoms with Gasteiger partial charge in [0.1, 0.15) is 11.6 Å². The summed E-state index contributed by atoms with van der Waals surface area (Å²) < 4.78 is 5.15. The number of hydrogen-bond donors (Lipinski definition) is 3. The van der Waals surface area contributed by atoms with Crippen LogP contribution in [-0.2, 0) is 9.53 Å². The van der Waals surface area contributed by atoms with Gasteiger partial charge in [0.05, 0.1) is 0 Å². The molecule has 1 aliphatic carbocycles. The lowest BCUT2D eigenvalue weighted by Gasteiger charge is -2.25. The summed E-state index contributed by atoms with van der Waals surface area (Å²) in [6.07, 6.45) is 3.43. The fourth-order valence-electron chi connectivity index (χ4n) is 2.21. The Morgan fingerprint density at radius 2 is 1.83 bits per heavy atom. The van der Waals surface area contributed by atoms with Crippen molar-refractivity contribution in [3.05, 3.63) is 0 Å². The normalized spacial score (nSPS) is 18.2. The molecule has 0 aromatic heterocycles. The number of hydrazine groups is 1. The van der Waals surface area contributed by atoms with Gasteiger partial charge in [0, 0.05) is 0 Å². The van der Waals surface area contributed by atoms with Gasteiger partial charge in [0.15, 0.2) is 0 Å². The molecule has 1 unspecified atom stereocenters. The number of hydrogen-bond acceptors (Lipinski definition) is 4. The number of nitrogens with two attached hydrogens (primary N) is 1. The second-order valence-electron chi connectivity index (χ2n) is 5.68. The van der Waals surface area contributed by atoms with Crippen molar-refractivity contribution in [1.82, 2.24) is 10.7 Å². The van der Waals surface area contributed by atoms with Crippen LogP contribution in [0.2, 0.25) is 0 Å². The first-order valence-electron chi connectivity index (χ1n) is 6.33. The van der Waals surface area contributed by atoms with E-state index in [0.717, 1.165) is 25.7 Å². The summed E-state index contributed by atoms with van der Waals surface area (Å²) in [7, 11) is 0. The number of alkyl carbamates (subject to hydrolysis) is 1. The van der Waals surface area contributed by atoms with Crippen LogP contribution in [0.5, 0.6) is 0 Å². The molecule has 1 saturated carbocycles. The molecule has 0 spiro atoms. The predicted octanol–water partition coefficient (Wildman–Crippen LogP) is 1.06. The number of carbonyl (C=O) groups is 2. The van der Waals surface area contributed by atoms with E-state index in [1.165, 1.54) is 0 Å². The average molecular weight is 257 g/mol. The first-order valence-corrected chi connectivity index (χ1v) is 6.33. The molecule has 6 heteroatoms. The van der Waals surface area contributed by atoms with Crippen molar-refractivity contribution < 1.29 is 14.3 Å². The van der Waals surface area contributed by atoms with Crippen molar-refractivity contribution in [3.8, 4) is 0 Å². The molecule has 0 aliphatic heterocycles. The first kappa shape index (κ1) is 14.8. The van der Waals surface area contributed by atoms with Gasteiger partial charge in [0.2, 0.25) is 0 Å². The van der Waals surface area contributed by atoms with E-state index >= 15 is 0 Å². The van der Waals surface area contributed by atoms with Gasteiger partial charge in [-0.2, -0.15) is 0 Å². The topological polar surface area (TPSA) is 93.4 Å². The molecule has 0 heterocycles. The highest BCUT2D eigenvalue weighted by Crippen LogP contribution is 2.28. The Bertz CT molecular complexity index is 306. The Labute approximate surface area is 108 Å². The number of ether oxygens (including phenoxy) is 1. The molecule has 1 rings (SSSR count). The van der Waals surface area contributed by atoms with Crippen LogP contribution in [0.25, 0.3) is 0 Å². The highest BCUT2D eigenvalue weighted by molar-refractivity contribution is 5.85. The van der Waals surface area contributed by atoms with Crippen LogP contribution in [-0.4, -0.2) is 23.6 Å². The van der Waals surface area contributed by atoms with Gasteiger partial charge in [-0.25, -0.2) is 10.6 Å². The van der Waals surface area contributed by atoms with Crippen LogP contribution in [0, 0.1) is 5.92 Å². The maximum atomic E-state index is 11.7. The average Bonchev–Trinajstić information content (AvgIpc) is 2.75. The lowest BCUT2D eigenvalue weighted by molar-refractivity contribution is -0.124. The van der Waals surface area contributed by atoms with Gasteiger partial charge in [-0.1, -0.05) is 12.8 Å². The van der Waals surface area contributed by atoms with E-state index in [4.69, 9.17) is 10.6 Å². The fourth-order valence-corrected chi connectivity index (χ4v) is 2.21. The molecule has 6 nitrogen and oxygen atoms in total. The quantitative estimate of drug-likeness (QED) is 0.400. The minimum Gasteiger partial charge on any atom is -0.444 e. The number of amides is 2. The van der Waals surface area contributed by atoms with Gasteiger partial charge in [-0.05, 0) is 39.5 Å². The van der Waals surface area contributed by atoms with E-state index in [2.05, 4.69) is 10.7 Å². The van der Waals surface area contributed by atoms with Crippen molar-refractivity contribution in [3.63, 3.8) is 0 Å². The maximum absolute atomic E-state index is 11.7. The summed E-state index contributed by atoms with van der Waals surface area (Å²) in [6.45, 7) is 5.33. The summed E-state index contributed by atoms with van der Waals surface area (Å²) in [6, 6.07) is -0.604. The van der Waals surface area contributed by atoms with Gasteiger partial charge in [-0.15, -0.1) is 0 Å². The molecule has 4 N–H and O–H groups in total. The highest BCUT2D eigenvalue weighted by Gasteiger charge is 2.32. The zero-order valence-electron chi connectivity index (χ0n) is 11.3. The second kappa shape index (κ2) is 6.04. The predicted molar refractivity (Wildman–Crippen MR) is 67.4 cm³/mol. The summed E-state index contributed by atoms with van der Waals surface area (Å²) in [5.41, 5.74) is 1.52. The third-order valence-electron chi connectivity index (χ3n) is 2.97. The van der Waals surface area contributed by atoms with E-state index in [1.54, 1.807) is 20.8 Å². The number of nitrogens with one attached hydrogen (secondary N) is 2. The third-order valence-corrected chi connectivity index (χ3v) is 2.97. The lowest BCUT2D eigenvalue weighted by atomic mass is 9.98. The van der Waals surface area contributed by atoms with Crippen LogP contribution >= 0.6 is 0 Å². The van der Waals surface area contributed by atoms with Crippen molar-refractivity contribution in [1.29, 1.82) is 0 Å². The molecule has 1 aliphatic rings. The monoisotopic (exact) mass is 257 g/mol. The summed E-state index contributed by atoms with van der Waals surface area (Å²) >= 11 is 0. The Balaban J connectivity index is 2.61. The molecule has 0 saturated heterocycles. The molecule has 0 radical (unpaired) electrons. The van der Waals surface area contributed by atoms with E-state index in [9.17, 15) is 9.59 Å². The van der Waals surface area contributed by atoms with Crippen molar-refractivity contribution in [2.24, 2.45) is 11.8 Å². The Morgan fingerprint density at radius 1 is 1.28 bits per heavy atom. The molecule has 0 aromatic rings. The van der Waals surface area contributed by atoms with E-state index in [0.29, 0.717) is 0 Å².